The predicted octanol–water partition coefficient (Wildman–Crippen LogP) is 3.68. The van der Waals surface area contributed by atoms with Gasteiger partial charge in [-0.05, 0) is 38.0 Å². The van der Waals surface area contributed by atoms with Crippen molar-refractivity contribution in [2.24, 2.45) is 5.73 Å². The molecule has 3 atom stereocenters. The first kappa shape index (κ1) is 18.1. The van der Waals surface area contributed by atoms with Gasteiger partial charge in [0.25, 0.3) is 0 Å². The first-order chi connectivity index (χ1) is 11.3. The highest BCUT2D eigenvalue weighted by molar-refractivity contribution is 5.75. The van der Waals surface area contributed by atoms with Crippen LogP contribution >= 0.6 is 0 Å². The van der Waals surface area contributed by atoms with E-state index in [1.807, 2.05) is 31.2 Å². The second kappa shape index (κ2) is 7.53. The third-order valence-electron chi connectivity index (χ3n) is 3.88. The standard InChI is InChI=1S/C19H21F2NO2/c1-11-4-6-14(7-5-11)18(13(3)24-19(23)12(2)22)16-9-8-15(20)10-17(16)21/h4-10,12-13,18H,22H2,1-3H3/t12-,13-,18-/m0/s1. The number of hydrogen-bond donors (Lipinski definition) is 1. The molecule has 0 saturated carbocycles. The van der Waals surface area contributed by atoms with Crippen LogP contribution in [0, 0.1) is 18.6 Å². The molecule has 0 heterocycles. The van der Waals surface area contributed by atoms with Crippen molar-refractivity contribution < 1.29 is 18.3 Å². The van der Waals surface area contributed by atoms with Gasteiger partial charge >= 0.3 is 5.97 Å². The molecule has 0 unspecified atom stereocenters. The highest BCUT2D eigenvalue weighted by atomic mass is 19.1. The lowest BCUT2D eigenvalue weighted by atomic mass is 9.86. The molecule has 2 aromatic carbocycles. The van der Waals surface area contributed by atoms with Gasteiger partial charge < -0.3 is 10.5 Å². The molecule has 128 valence electrons. The first-order valence-corrected chi connectivity index (χ1v) is 7.77. The zero-order valence-corrected chi connectivity index (χ0v) is 13.9. The summed E-state index contributed by atoms with van der Waals surface area (Å²) in [6.07, 6.45) is -0.661. The number of nitrogens with two attached hydrogens (primary N) is 1. The molecule has 0 aromatic heterocycles. The van der Waals surface area contributed by atoms with Crippen LogP contribution in [0.2, 0.25) is 0 Å². The molecule has 5 heteroatoms. The van der Waals surface area contributed by atoms with E-state index in [4.69, 9.17) is 10.5 Å². The van der Waals surface area contributed by atoms with Gasteiger partial charge in [-0.2, -0.15) is 0 Å². The number of aryl methyl sites for hydroxylation is 1. The van der Waals surface area contributed by atoms with E-state index in [-0.39, 0.29) is 5.56 Å². The van der Waals surface area contributed by atoms with Crippen molar-refractivity contribution in [1.29, 1.82) is 0 Å². The highest BCUT2D eigenvalue weighted by Gasteiger charge is 2.28. The predicted molar refractivity (Wildman–Crippen MR) is 88.6 cm³/mol. The minimum Gasteiger partial charge on any atom is -0.461 e. The van der Waals surface area contributed by atoms with Crippen molar-refractivity contribution in [2.45, 2.75) is 38.8 Å². The van der Waals surface area contributed by atoms with Crippen LogP contribution in [0.1, 0.15) is 36.5 Å². The lowest BCUT2D eigenvalue weighted by Gasteiger charge is -2.26. The summed E-state index contributed by atoms with van der Waals surface area (Å²) in [7, 11) is 0. The SMILES string of the molecule is Cc1ccc([C@@H](c2ccc(F)cc2F)[C@H](C)OC(=O)[C@H](C)N)cc1. The lowest BCUT2D eigenvalue weighted by molar-refractivity contribution is -0.150. The largest absolute Gasteiger partial charge is 0.461 e. The van der Waals surface area contributed by atoms with Crippen LogP contribution in [-0.2, 0) is 9.53 Å². The summed E-state index contributed by atoms with van der Waals surface area (Å²) in [5.74, 6) is -2.46. The van der Waals surface area contributed by atoms with E-state index in [0.29, 0.717) is 0 Å². The molecule has 0 saturated heterocycles. The Morgan fingerprint density at radius 1 is 1.08 bits per heavy atom. The van der Waals surface area contributed by atoms with Crippen molar-refractivity contribution in [1.82, 2.24) is 0 Å². The van der Waals surface area contributed by atoms with E-state index in [1.165, 1.54) is 19.1 Å². The molecule has 0 aliphatic rings. The fraction of sp³-hybridized carbons (Fsp3) is 0.316. The van der Waals surface area contributed by atoms with Crippen molar-refractivity contribution in [2.75, 3.05) is 0 Å². The van der Waals surface area contributed by atoms with Crippen LogP contribution in [-0.4, -0.2) is 18.1 Å². The Morgan fingerprint density at radius 3 is 2.25 bits per heavy atom. The summed E-state index contributed by atoms with van der Waals surface area (Å²) >= 11 is 0. The van der Waals surface area contributed by atoms with E-state index in [0.717, 1.165) is 17.2 Å². The van der Waals surface area contributed by atoms with Crippen LogP contribution in [0.5, 0.6) is 0 Å². The average Bonchev–Trinajstić information content (AvgIpc) is 2.51. The smallest absolute Gasteiger partial charge is 0.322 e. The molecule has 0 spiro atoms. The number of esters is 1. The summed E-state index contributed by atoms with van der Waals surface area (Å²) < 4.78 is 32.9. The Balaban J connectivity index is 2.44. The maximum Gasteiger partial charge on any atom is 0.322 e. The van der Waals surface area contributed by atoms with Crippen LogP contribution in [0.25, 0.3) is 0 Å². The van der Waals surface area contributed by atoms with Gasteiger partial charge in [-0.15, -0.1) is 0 Å². The number of benzene rings is 2. The van der Waals surface area contributed by atoms with Crippen LogP contribution < -0.4 is 5.73 Å². The quantitative estimate of drug-likeness (QED) is 0.849. The molecule has 3 nitrogen and oxygen atoms in total. The highest BCUT2D eigenvalue weighted by Crippen LogP contribution is 2.32. The minimum absolute atomic E-state index is 0.269. The van der Waals surface area contributed by atoms with Gasteiger partial charge in [0.1, 0.15) is 23.8 Å². The fourth-order valence-corrected chi connectivity index (χ4v) is 2.59. The Morgan fingerprint density at radius 2 is 1.71 bits per heavy atom. The van der Waals surface area contributed by atoms with Gasteiger partial charge in [-0.1, -0.05) is 35.9 Å². The number of carbonyl (C=O) groups excluding carboxylic acids is 1. The van der Waals surface area contributed by atoms with Crippen molar-refractivity contribution in [3.05, 3.63) is 70.8 Å². The molecule has 2 aromatic rings. The van der Waals surface area contributed by atoms with Gasteiger partial charge in [-0.25, -0.2) is 8.78 Å². The average molecular weight is 333 g/mol. The first-order valence-electron chi connectivity index (χ1n) is 7.77. The number of rotatable bonds is 5. The topological polar surface area (TPSA) is 52.3 Å². The van der Waals surface area contributed by atoms with Gasteiger partial charge in [0, 0.05) is 12.0 Å². The normalized spacial score (nSPS) is 14.8. The van der Waals surface area contributed by atoms with Crippen molar-refractivity contribution >= 4 is 5.97 Å². The molecule has 0 radical (unpaired) electrons. The monoisotopic (exact) mass is 333 g/mol. The number of ether oxygens (including phenoxy) is 1. The van der Waals surface area contributed by atoms with Crippen molar-refractivity contribution in [3.8, 4) is 0 Å². The van der Waals surface area contributed by atoms with Gasteiger partial charge in [0.15, 0.2) is 0 Å². The van der Waals surface area contributed by atoms with Crippen LogP contribution in [0.15, 0.2) is 42.5 Å². The molecule has 0 amide bonds. The molecule has 24 heavy (non-hydrogen) atoms. The van der Waals surface area contributed by atoms with E-state index in [9.17, 15) is 13.6 Å². The third kappa shape index (κ3) is 4.17. The molecule has 0 aliphatic heterocycles. The summed E-state index contributed by atoms with van der Waals surface area (Å²) in [6, 6.07) is 10.1. The Labute approximate surface area is 140 Å². The van der Waals surface area contributed by atoms with Crippen LogP contribution in [0.4, 0.5) is 8.78 Å². The Bertz CT molecular complexity index is 714. The van der Waals surface area contributed by atoms with E-state index < -0.39 is 35.7 Å². The fourth-order valence-electron chi connectivity index (χ4n) is 2.59. The van der Waals surface area contributed by atoms with E-state index >= 15 is 0 Å². The summed E-state index contributed by atoms with van der Waals surface area (Å²) in [5.41, 5.74) is 7.63. The van der Waals surface area contributed by atoms with E-state index in [2.05, 4.69) is 0 Å². The Hall–Kier alpha value is -2.27. The molecular formula is C19H21F2NO2. The molecule has 0 bridgehead atoms. The second-order valence-electron chi connectivity index (χ2n) is 5.98. The molecule has 2 N–H and O–H groups in total. The third-order valence-corrected chi connectivity index (χ3v) is 3.88. The van der Waals surface area contributed by atoms with Gasteiger partial charge in [0.2, 0.25) is 0 Å². The Kier molecular flexibility index (Phi) is 5.67. The molecule has 0 fully saturated rings. The number of hydrogen-bond acceptors (Lipinski definition) is 3. The molecular weight excluding hydrogens is 312 g/mol. The van der Waals surface area contributed by atoms with E-state index in [1.54, 1.807) is 6.92 Å². The number of halogens is 2. The van der Waals surface area contributed by atoms with Gasteiger partial charge in [-0.3, -0.25) is 4.79 Å². The zero-order chi connectivity index (χ0) is 17.9. The number of carbonyl (C=O) groups is 1. The lowest BCUT2D eigenvalue weighted by Crippen LogP contribution is -2.34. The second-order valence-corrected chi connectivity index (χ2v) is 5.98. The maximum atomic E-state index is 14.3. The maximum absolute atomic E-state index is 14.3. The van der Waals surface area contributed by atoms with Crippen LogP contribution in [0.3, 0.4) is 0 Å². The van der Waals surface area contributed by atoms with Crippen molar-refractivity contribution in [3.63, 3.8) is 0 Å². The minimum atomic E-state index is -0.774. The van der Waals surface area contributed by atoms with Gasteiger partial charge in [0.05, 0.1) is 0 Å². The molecule has 0 aliphatic carbocycles. The zero-order valence-electron chi connectivity index (χ0n) is 13.9. The molecule has 2 rings (SSSR count). The summed E-state index contributed by atoms with van der Waals surface area (Å²) in [5, 5.41) is 0. The summed E-state index contributed by atoms with van der Waals surface area (Å²) in [6.45, 7) is 5.14. The summed E-state index contributed by atoms with van der Waals surface area (Å²) in [4.78, 5) is 11.8.